The Hall–Kier alpha value is -1.94. The van der Waals surface area contributed by atoms with E-state index >= 15 is 0 Å². The lowest BCUT2D eigenvalue weighted by atomic mass is 10.2. The lowest BCUT2D eigenvalue weighted by Crippen LogP contribution is -2.01. The molecule has 1 aromatic heterocycles. The lowest BCUT2D eigenvalue weighted by molar-refractivity contribution is 0.282. The van der Waals surface area contributed by atoms with Crippen molar-refractivity contribution in [2.45, 2.75) is 13.2 Å². The number of nitrogens with zero attached hydrogens (tertiary/aromatic N) is 2. The molecule has 0 fully saturated rings. The third-order valence-corrected chi connectivity index (χ3v) is 2.23. The van der Waals surface area contributed by atoms with Crippen molar-refractivity contribution < 1.29 is 5.11 Å². The van der Waals surface area contributed by atoms with Gasteiger partial charge in [-0.25, -0.2) is 0 Å². The minimum atomic E-state index is 0.0739. The van der Waals surface area contributed by atoms with Gasteiger partial charge in [-0.15, -0.1) is 0 Å². The maximum atomic E-state index is 8.90. The summed E-state index contributed by atoms with van der Waals surface area (Å²) in [6.45, 7) is 0.719. The molecule has 0 amide bonds. The van der Waals surface area contributed by atoms with Crippen LogP contribution in [0.25, 0.3) is 0 Å². The van der Waals surface area contributed by atoms with E-state index in [1.165, 1.54) is 0 Å². The van der Waals surface area contributed by atoms with Crippen LogP contribution >= 0.6 is 0 Å². The van der Waals surface area contributed by atoms with Gasteiger partial charge in [0, 0.05) is 18.1 Å². The molecular formula is C12H13N3O. The highest BCUT2D eigenvalue weighted by Gasteiger charge is 1.95. The number of rotatable bonds is 4. The molecule has 0 radical (unpaired) electrons. The number of aliphatic hydroxyl groups is 1. The van der Waals surface area contributed by atoms with Crippen molar-refractivity contribution in [1.29, 1.82) is 0 Å². The van der Waals surface area contributed by atoms with E-state index in [2.05, 4.69) is 15.3 Å². The molecule has 0 unspecified atom stereocenters. The molecule has 0 aliphatic rings. The van der Waals surface area contributed by atoms with Gasteiger partial charge in [0.25, 0.3) is 0 Å². The van der Waals surface area contributed by atoms with Crippen LogP contribution in [0.1, 0.15) is 11.3 Å². The Labute approximate surface area is 94.0 Å². The smallest absolute Gasteiger partial charge is 0.0777 e. The summed E-state index contributed by atoms with van der Waals surface area (Å²) in [5, 5.41) is 12.1. The molecule has 4 nitrogen and oxygen atoms in total. The summed E-state index contributed by atoms with van der Waals surface area (Å²) in [6.07, 6.45) is 5.06. The van der Waals surface area contributed by atoms with Gasteiger partial charge in [-0.3, -0.25) is 9.97 Å². The zero-order valence-electron chi connectivity index (χ0n) is 8.80. The third-order valence-electron chi connectivity index (χ3n) is 2.23. The summed E-state index contributed by atoms with van der Waals surface area (Å²) in [4.78, 5) is 8.15. The molecule has 0 aliphatic heterocycles. The number of nitrogens with one attached hydrogen (secondary N) is 1. The van der Waals surface area contributed by atoms with E-state index in [9.17, 15) is 0 Å². The fourth-order valence-electron chi connectivity index (χ4n) is 1.34. The van der Waals surface area contributed by atoms with Gasteiger partial charge < -0.3 is 10.4 Å². The number of benzene rings is 1. The molecule has 1 heterocycles. The highest BCUT2D eigenvalue weighted by Crippen LogP contribution is 2.10. The largest absolute Gasteiger partial charge is 0.392 e. The maximum absolute atomic E-state index is 8.90. The average Bonchev–Trinajstić information content (AvgIpc) is 2.38. The second kappa shape index (κ2) is 5.23. The summed E-state index contributed by atoms with van der Waals surface area (Å²) in [7, 11) is 0. The normalized spacial score (nSPS) is 10.1. The van der Waals surface area contributed by atoms with Gasteiger partial charge >= 0.3 is 0 Å². The standard InChI is InChI=1S/C12H13N3O/c16-9-10-1-3-11(4-2-10)15-8-12-7-13-5-6-14-12/h1-7,15-16H,8-9H2. The predicted molar refractivity (Wildman–Crippen MR) is 61.7 cm³/mol. The highest BCUT2D eigenvalue weighted by atomic mass is 16.3. The van der Waals surface area contributed by atoms with Crippen LogP contribution in [-0.2, 0) is 13.2 Å². The first-order valence-corrected chi connectivity index (χ1v) is 5.07. The van der Waals surface area contributed by atoms with E-state index in [1.54, 1.807) is 18.6 Å². The van der Waals surface area contributed by atoms with Crippen molar-refractivity contribution >= 4 is 5.69 Å². The molecule has 0 spiro atoms. The van der Waals surface area contributed by atoms with E-state index in [0.29, 0.717) is 6.54 Å². The molecule has 2 N–H and O–H groups in total. The molecule has 0 aliphatic carbocycles. The molecule has 82 valence electrons. The van der Waals surface area contributed by atoms with E-state index in [-0.39, 0.29) is 6.61 Å². The van der Waals surface area contributed by atoms with Crippen LogP contribution in [0.2, 0.25) is 0 Å². The fraction of sp³-hybridized carbons (Fsp3) is 0.167. The van der Waals surface area contributed by atoms with Gasteiger partial charge in [0.2, 0.25) is 0 Å². The second-order valence-electron chi connectivity index (χ2n) is 3.41. The van der Waals surface area contributed by atoms with Crippen LogP contribution < -0.4 is 5.32 Å². The molecule has 16 heavy (non-hydrogen) atoms. The predicted octanol–water partition coefficient (Wildman–Crippen LogP) is 1.58. The topological polar surface area (TPSA) is 58.0 Å². The number of anilines is 1. The first kappa shape index (κ1) is 10.6. The van der Waals surface area contributed by atoms with E-state index in [4.69, 9.17) is 5.11 Å². The number of aliphatic hydroxyl groups excluding tert-OH is 1. The second-order valence-corrected chi connectivity index (χ2v) is 3.41. The monoisotopic (exact) mass is 215 g/mol. The average molecular weight is 215 g/mol. The fourth-order valence-corrected chi connectivity index (χ4v) is 1.34. The Kier molecular flexibility index (Phi) is 3.46. The van der Waals surface area contributed by atoms with Crippen LogP contribution in [0, 0.1) is 0 Å². The molecule has 2 aromatic rings. The Morgan fingerprint density at radius 2 is 1.94 bits per heavy atom. The van der Waals surface area contributed by atoms with Crippen LogP contribution in [0.15, 0.2) is 42.9 Å². The highest BCUT2D eigenvalue weighted by molar-refractivity contribution is 5.44. The molecule has 2 rings (SSSR count). The lowest BCUT2D eigenvalue weighted by Gasteiger charge is -2.05. The summed E-state index contributed by atoms with van der Waals surface area (Å²) >= 11 is 0. The van der Waals surface area contributed by atoms with Crippen molar-refractivity contribution in [3.05, 3.63) is 54.1 Å². The molecule has 0 atom stereocenters. The molecule has 0 saturated carbocycles. The van der Waals surface area contributed by atoms with Crippen LogP contribution in [0.4, 0.5) is 5.69 Å². The first-order chi connectivity index (χ1) is 7.88. The molecule has 1 aromatic carbocycles. The third kappa shape index (κ3) is 2.77. The quantitative estimate of drug-likeness (QED) is 0.813. The Morgan fingerprint density at radius 3 is 2.56 bits per heavy atom. The van der Waals surface area contributed by atoms with Gasteiger partial charge in [0.1, 0.15) is 0 Å². The van der Waals surface area contributed by atoms with E-state index in [1.807, 2.05) is 24.3 Å². The van der Waals surface area contributed by atoms with Crippen molar-refractivity contribution in [3.63, 3.8) is 0 Å². The Bertz CT molecular complexity index is 428. The molecule has 0 saturated heterocycles. The van der Waals surface area contributed by atoms with E-state index in [0.717, 1.165) is 16.9 Å². The van der Waals surface area contributed by atoms with Crippen LogP contribution in [-0.4, -0.2) is 15.1 Å². The van der Waals surface area contributed by atoms with E-state index < -0.39 is 0 Å². The van der Waals surface area contributed by atoms with Crippen molar-refractivity contribution in [1.82, 2.24) is 9.97 Å². The first-order valence-electron chi connectivity index (χ1n) is 5.07. The zero-order chi connectivity index (χ0) is 11.2. The summed E-state index contributed by atoms with van der Waals surface area (Å²) in [5.41, 5.74) is 2.81. The number of aromatic nitrogens is 2. The van der Waals surface area contributed by atoms with Gasteiger partial charge in [0.15, 0.2) is 0 Å². The molecular weight excluding hydrogens is 202 g/mol. The summed E-state index contributed by atoms with van der Waals surface area (Å²) < 4.78 is 0. The molecule has 4 heteroatoms. The minimum Gasteiger partial charge on any atom is -0.392 e. The zero-order valence-corrected chi connectivity index (χ0v) is 8.80. The minimum absolute atomic E-state index is 0.0739. The van der Waals surface area contributed by atoms with Crippen molar-refractivity contribution in [2.75, 3.05) is 5.32 Å². The van der Waals surface area contributed by atoms with Crippen molar-refractivity contribution in [2.24, 2.45) is 0 Å². The Balaban J connectivity index is 1.94. The van der Waals surface area contributed by atoms with Crippen LogP contribution in [0.5, 0.6) is 0 Å². The van der Waals surface area contributed by atoms with Gasteiger partial charge in [-0.05, 0) is 17.7 Å². The SMILES string of the molecule is OCc1ccc(NCc2cnccn2)cc1. The Morgan fingerprint density at radius 1 is 1.12 bits per heavy atom. The summed E-state index contributed by atoms with van der Waals surface area (Å²) in [5.74, 6) is 0. The maximum Gasteiger partial charge on any atom is 0.0777 e. The molecule has 0 bridgehead atoms. The van der Waals surface area contributed by atoms with Gasteiger partial charge in [-0.1, -0.05) is 12.1 Å². The van der Waals surface area contributed by atoms with Crippen molar-refractivity contribution in [3.8, 4) is 0 Å². The summed E-state index contributed by atoms with van der Waals surface area (Å²) in [6, 6.07) is 7.64. The van der Waals surface area contributed by atoms with Crippen LogP contribution in [0.3, 0.4) is 0 Å². The van der Waals surface area contributed by atoms with Gasteiger partial charge in [0.05, 0.1) is 25.0 Å². The number of hydrogen-bond acceptors (Lipinski definition) is 4. The van der Waals surface area contributed by atoms with Gasteiger partial charge in [-0.2, -0.15) is 0 Å². The number of hydrogen-bond donors (Lipinski definition) is 2.